The fourth-order valence-corrected chi connectivity index (χ4v) is 14.6. The summed E-state index contributed by atoms with van der Waals surface area (Å²) in [6.45, 7) is 2.36. The van der Waals surface area contributed by atoms with E-state index < -0.39 is 18.8 Å². The molecule has 0 radical (unpaired) electrons. The van der Waals surface area contributed by atoms with E-state index in [2.05, 4.69) is 97.9 Å². The maximum absolute atomic E-state index is 2.70. The van der Waals surface area contributed by atoms with Gasteiger partial charge in [-0.2, -0.15) is 0 Å². The van der Waals surface area contributed by atoms with Crippen LogP contribution in [0.4, 0.5) is 0 Å². The molecule has 0 saturated heterocycles. The van der Waals surface area contributed by atoms with Crippen molar-refractivity contribution >= 4 is 29.3 Å². The molecule has 0 aliphatic heterocycles. The number of benzene rings is 3. The third kappa shape index (κ3) is 2.65. The van der Waals surface area contributed by atoms with E-state index in [-0.39, 0.29) is 0 Å². The molecule has 0 aromatic heterocycles. The van der Waals surface area contributed by atoms with E-state index in [9.17, 15) is 0 Å². The van der Waals surface area contributed by atoms with Crippen molar-refractivity contribution in [2.45, 2.75) is 11.3 Å². The Kier molecular flexibility index (Phi) is 4.46. The number of rotatable bonds is 4. The van der Waals surface area contributed by atoms with Gasteiger partial charge >= 0.3 is 132 Å². The predicted octanol–water partition coefficient (Wildman–Crippen LogP) is 3.18. The van der Waals surface area contributed by atoms with Crippen molar-refractivity contribution in [1.82, 2.24) is 0 Å². The Bertz CT molecular complexity index is 578. The molecule has 0 amide bonds. The van der Waals surface area contributed by atoms with Crippen LogP contribution < -0.4 is 10.5 Å². The van der Waals surface area contributed by atoms with Crippen LogP contribution >= 0.6 is 0 Å². The minimum atomic E-state index is -2.70. The summed E-state index contributed by atoms with van der Waals surface area (Å²) < 4.78 is 5.89. The van der Waals surface area contributed by atoms with Gasteiger partial charge in [0.25, 0.3) is 0 Å². The van der Waals surface area contributed by atoms with Gasteiger partial charge in [-0.1, -0.05) is 0 Å². The topological polar surface area (TPSA) is 0 Å². The van der Waals surface area contributed by atoms with Crippen LogP contribution in [-0.4, -0.2) is 18.8 Å². The summed E-state index contributed by atoms with van der Waals surface area (Å²) in [7, 11) is 0. The molecule has 0 fully saturated rings. The first-order chi connectivity index (χ1) is 10.4. The van der Waals surface area contributed by atoms with Gasteiger partial charge < -0.3 is 0 Å². The van der Waals surface area contributed by atoms with Crippen LogP contribution in [0.15, 0.2) is 91.0 Å². The zero-order chi connectivity index (χ0) is 14.5. The Balaban J connectivity index is 2.29. The Hall–Kier alpha value is -1.52. The Labute approximate surface area is 131 Å². The molecule has 0 aliphatic carbocycles. The zero-order valence-electron chi connectivity index (χ0n) is 12.3. The predicted molar refractivity (Wildman–Crippen MR) is 94.5 cm³/mol. The van der Waals surface area contributed by atoms with E-state index in [0.29, 0.717) is 0 Å². The van der Waals surface area contributed by atoms with Crippen LogP contribution in [0.3, 0.4) is 0 Å². The van der Waals surface area contributed by atoms with Crippen LogP contribution in [0.5, 0.6) is 0 Å². The number of hydrogen-bond donors (Lipinski definition) is 0. The molecule has 0 bridgehead atoms. The Morgan fingerprint density at radius 2 is 0.810 bits per heavy atom. The quantitative estimate of drug-likeness (QED) is 0.609. The average molecular weight is 382 g/mol. The van der Waals surface area contributed by atoms with Gasteiger partial charge in [0.15, 0.2) is 0 Å². The summed E-state index contributed by atoms with van der Waals surface area (Å²) in [5.74, 6) is 0. The molecule has 0 aliphatic rings. The van der Waals surface area contributed by atoms with E-state index in [1.54, 1.807) is 10.5 Å². The van der Waals surface area contributed by atoms with Gasteiger partial charge in [0, 0.05) is 0 Å². The second-order valence-electron chi connectivity index (χ2n) is 5.13. The molecule has 0 N–H and O–H groups in total. The van der Waals surface area contributed by atoms with E-state index in [1.807, 2.05) is 0 Å². The third-order valence-electron chi connectivity index (χ3n) is 4.07. The minimum absolute atomic E-state index is 1.23. The first-order valence-electron chi connectivity index (χ1n) is 7.43. The second kappa shape index (κ2) is 6.50. The standard InChI is InChI=1S/3C6H5.C2H5.Sb/c3*1-2-4-6-5-3-1;1-2;/h3*1-5H;1H2,2H3;/q;;;;+1. The maximum atomic E-state index is 2.36. The van der Waals surface area contributed by atoms with Crippen molar-refractivity contribution in [3.05, 3.63) is 91.0 Å². The van der Waals surface area contributed by atoms with Crippen LogP contribution in [-0.2, 0) is 0 Å². The van der Waals surface area contributed by atoms with E-state index in [4.69, 9.17) is 0 Å². The van der Waals surface area contributed by atoms with Crippen LogP contribution in [0, 0.1) is 0 Å². The normalized spacial score (nSPS) is 11.3. The van der Waals surface area contributed by atoms with Gasteiger partial charge in [0.1, 0.15) is 0 Å². The van der Waals surface area contributed by atoms with Crippen molar-refractivity contribution in [3.63, 3.8) is 0 Å². The second-order valence-corrected chi connectivity index (χ2v) is 16.0. The molecular formula is C20H20Sb+. The molecular weight excluding hydrogens is 362 g/mol. The molecule has 104 valence electrons. The first-order valence-corrected chi connectivity index (χ1v) is 13.1. The van der Waals surface area contributed by atoms with Gasteiger partial charge in [-0.05, 0) is 0 Å². The van der Waals surface area contributed by atoms with E-state index >= 15 is 0 Å². The molecule has 0 unspecified atom stereocenters. The van der Waals surface area contributed by atoms with Gasteiger partial charge in [0.2, 0.25) is 0 Å². The van der Waals surface area contributed by atoms with Crippen molar-refractivity contribution in [3.8, 4) is 0 Å². The van der Waals surface area contributed by atoms with E-state index in [0.717, 1.165) is 0 Å². The summed E-state index contributed by atoms with van der Waals surface area (Å²) in [5.41, 5.74) is 0. The molecule has 3 rings (SSSR count). The summed E-state index contributed by atoms with van der Waals surface area (Å²) in [6.07, 6.45) is 0. The van der Waals surface area contributed by atoms with Crippen molar-refractivity contribution < 1.29 is 0 Å². The molecule has 0 atom stereocenters. The summed E-state index contributed by atoms with van der Waals surface area (Å²) >= 11 is -2.70. The Morgan fingerprint density at radius 1 is 0.524 bits per heavy atom. The van der Waals surface area contributed by atoms with Gasteiger partial charge in [-0.15, -0.1) is 0 Å². The third-order valence-corrected chi connectivity index (χ3v) is 16.9. The van der Waals surface area contributed by atoms with Gasteiger partial charge in [0.05, 0.1) is 0 Å². The zero-order valence-corrected chi connectivity index (χ0v) is 14.9. The Morgan fingerprint density at radius 3 is 1.05 bits per heavy atom. The van der Waals surface area contributed by atoms with Gasteiger partial charge in [-0.25, -0.2) is 0 Å². The fraction of sp³-hybridized carbons (Fsp3) is 0.100. The molecule has 0 spiro atoms. The average Bonchev–Trinajstić information content (AvgIpc) is 2.59. The summed E-state index contributed by atoms with van der Waals surface area (Å²) in [4.78, 5) is 0. The van der Waals surface area contributed by atoms with Crippen molar-refractivity contribution in [1.29, 1.82) is 0 Å². The molecule has 3 aromatic rings. The summed E-state index contributed by atoms with van der Waals surface area (Å²) in [5, 5.41) is 0. The van der Waals surface area contributed by atoms with Crippen molar-refractivity contribution in [2.75, 3.05) is 0 Å². The summed E-state index contributed by atoms with van der Waals surface area (Å²) in [6, 6.07) is 33.4. The van der Waals surface area contributed by atoms with Crippen LogP contribution in [0.1, 0.15) is 6.92 Å². The van der Waals surface area contributed by atoms with Crippen molar-refractivity contribution in [2.24, 2.45) is 0 Å². The molecule has 21 heavy (non-hydrogen) atoms. The SMILES string of the molecule is C[CH2][Sb+]([c]1ccccc1)([c]1ccccc1)[c]1ccccc1. The molecule has 3 aromatic carbocycles. The first kappa shape index (κ1) is 14.4. The van der Waals surface area contributed by atoms with Crippen LogP contribution in [0.25, 0.3) is 0 Å². The molecule has 0 nitrogen and oxygen atoms in total. The monoisotopic (exact) mass is 381 g/mol. The van der Waals surface area contributed by atoms with Gasteiger partial charge in [-0.3, -0.25) is 0 Å². The fourth-order valence-electron chi connectivity index (χ4n) is 3.04. The number of hydrogen-bond acceptors (Lipinski definition) is 0. The molecule has 0 saturated carbocycles. The van der Waals surface area contributed by atoms with Crippen LogP contribution in [0.2, 0.25) is 4.37 Å². The molecule has 0 heterocycles. The van der Waals surface area contributed by atoms with E-state index in [1.165, 1.54) is 4.37 Å². The molecule has 1 heteroatoms.